The van der Waals surface area contributed by atoms with Crippen LogP contribution in [-0.4, -0.2) is 41.0 Å². The summed E-state index contributed by atoms with van der Waals surface area (Å²) in [5.41, 5.74) is 0. The van der Waals surface area contributed by atoms with Crippen LogP contribution < -0.4 is 0 Å². The second-order valence-electron chi connectivity index (χ2n) is 6.51. The Balaban J connectivity index is 4.57. The van der Waals surface area contributed by atoms with Crippen molar-refractivity contribution in [1.82, 2.24) is 0 Å². The first-order valence-corrected chi connectivity index (χ1v) is 11.8. The predicted molar refractivity (Wildman–Crippen MR) is 121 cm³/mol. The second kappa shape index (κ2) is 19.5. The first kappa shape index (κ1) is 29.8. The van der Waals surface area contributed by atoms with Crippen molar-refractivity contribution in [2.45, 2.75) is 64.4 Å². The van der Waals surface area contributed by atoms with E-state index in [1.807, 2.05) is 0 Å². The molecule has 2 N–H and O–H groups in total. The summed E-state index contributed by atoms with van der Waals surface area (Å²) in [4.78, 5) is 41.4. The summed E-state index contributed by atoms with van der Waals surface area (Å²) in [5, 5.41) is 0. The molecule has 0 heterocycles. The molecule has 0 rings (SSSR count). The molecule has 0 saturated heterocycles. The number of terminal acetylenes is 1. The molecule has 0 bridgehead atoms. The minimum absolute atomic E-state index is 0.135. The molecule has 176 valence electrons. The summed E-state index contributed by atoms with van der Waals surface area (Å²) >= 11 is 0. The Hall–Kier alpha value is -3.15. The standard InChI is InChI=1S/C24H27O8P/c1-3-5-7-9-11-13-14-16-18-23(25)30-20-22(21-31-33(27,28)29)32-24(26)19-17-15-12-10-8-6-4-2/h1,22H,4,6,8,10,12,15,17,19-21H2,2H3,(H2,27,28,29)/t22-/m0/s1. The van der Waals surface area contributed by atoms with Crippen LogP contribution in [0.3, 0.4) is 0 Å². The Labute approximate surface area is 195 Å². The van der Waals surface area contributed by atoms with Crippen molar-refractivity contribution in [3.05, 3.63) is 0 Å². The van der Waals surface area contributed by atoms with Gasteiger partial charge in [0, 0.05) is 12.3 Å². The van der Waals surface area contributed by atoms with E-state index in [1.54, 1.807) is 0 Å². The molecule has 33 heavy (non-hydrogen) atoms. The number of unbranched alkanes of at least 4 members (excludes halogenated alkanes) is 6. The third-order valence-electron chi connectivity index (χ3n) is 3.72. The fourth-order valence-electron chi connectivity index (χ4n) is 2.25. The SMILES string of the molecule is C#CC#CC#CC#CC#CC(=O)OC[C@@H](COP(=O)(O)O)OC(=O)CCCCCCCCC. The van der Waals surface area contributed by atoms with Gasteiger partial charge in [-0.1, -0.05) is 45.4 Å². The van der Waals surface area contributed by atoms with E-state index in [9.17, 15) is 14.2 Å². The minimum Gasteiger partial charge on any atom is -0.456 e. The quantitative estimate of drug-likeness (QED) is 0.129. The Kier molecular flexibility index (Phi) is 17.7. The van der Waals surface area contributed by atoms with Crippen LogP contribution in [0.2, 0.25) is 0 Å². The van der Waals surface area contributed by atoms with Gasteiger partial charge in [-0.3, -0.25) is 9.32 Å². The molecular formula is C24H27O8P. The zero-order chi connectivity index (χ0) is 24.8. The molecule has 0 spiro atoms. The van der Waals surface area contributed by atoms with Crippen LogP contribution in [0.25, 0.3) is 0 Å². The molecule has 1 atom stereocenters. The van der Waals surface area contributed by atoms with Crippen molar-refractivity contribution in [3.63, 3.8) is 0 Å². The van der Waals surface area contributed by atoms with Gasteiger partial charge in [0.1, 0.15) is 6.61 Å². The lowest BCUT2D eigenvalue weighted by molar-refractivity contribution is -0.158. The van der Waals surface area contributed by atoms with Crippen LogP contribution in [-0.2, 0) is 28.2 Å². The summed E-state index contributed by atoms with van der Waals surface area (Å²) in [5.74, 6) is 18.7. The Bertz CT molecular complexity index is 957. The summed E-state index contributed by atoms with van der Waals surface area (Å²) < 4.78 is 25.2. The highest BCUT2D eigenvalue weighted by molar-refractivity contribution is 7.46. The van der Waals surface area contributed by atoms with Gasteiger partial charge in [0.25, 0.3) is 0 Å². The van der Waals surface area contributed by atoms with Gasteiger partial charge in [-0.15, -0.1) is 6.42 Å². The van der Waals surface area contributed by atoms with Gasteiger partial charge in [0.2, 0.25) is 0 Å². The van der Waals surface area contributed by atoms with Gasteiger partial charge in [-0.25, -0.2) is 9.36 Å². The highest BCUT2D eigenvalue weighted by Gasteiger charge is 2.22. The number of rotatable bonds is 14. The van der Waals surface area contributed by atoms with Gasteiger partial charge in [-0.2, -0.15) is 0 Å². The van der Waals surface area contributed by atoms with Crippen molar-refractivity contribution < 1.29 is 37.9 Å². The van der Waals surface area contributed by atoms with Gasteiger partial charge >= 0.3 is 19.8 Å². The van der Waals surface area contributed by atoms with Crippen molar-refractivity contribution in [2.24, 2.45) is 0 Å². The van der Waals surface area contributed by atoms with E-state index in [1.165, 1.54) is 6.42 Å². The van der Waals surface area contributed by atoms with Crippen LogP contribution in [0.15, 0.2) is 0 Å². The molecule has 0 aliphatic heterocycles. The number of phosphoric acid groups is 1. The first-order chi connectivity index (χ1) is 15.8. The van der Waals surface area contributed by atoms with E-state index < -0.39 is 39.1 Å². The third kappa shape index (κ3) is 21.9. The summed E-state index contributed by atoms with van der Waals surface area (Å²) in [7, 11) is -4.80. The first-order valence-electron chi connectivity index (χ1n) is 10.3. The maximum atomic E-state index is 12.0. The minimum atomic E-state index is -4.80. The van der Waals surface area contributed by atoms with E-state index >= 15 is 0 Å². The highest BCUT2D eigenvalue weighted by atomic mass is 31.2. The number of ether oxygens (including phenoxy) is 2. The monoisotopic (exact) mass is 474 g/mol. The molecule has 0 saturated carbocycles. The molecule has 0 aromatic carbocycles. The van der Waals surface area contributed by atoms with Crippen LogP contribution in [0.1, 0.15) is 58.3 Å². The van der Waals surface area contributed by atoms with Crippen LogP contribution >= 0.6 is 7.82 Å². The number of esters is 2. The van der Waals surface area contributed by atoms with Crippen molar-refractivity contribution in [2.75, 3.05) is 13.2 Å². The average molecular weight is 474 g/mol. The molecule has 0 aliphatic rings. The Morgan fingerprint density at radius 3 is 2.06 bits per heavy atom. The fraction of sp³-hybridized carbons (Fsp3) is 0.500. The zero-order valence-electron chi connectivity index (χ0n) is 18.5. The number of carbonyl (C=O) groups is 2. The number of carbonyl (C=O) groups excluding carboxylic acids is 2. The Morgan fingerprint density at radius 1 is 0.879 bits per heavy atom. The maximum Gasteiger partial charge on any atom is 0.469 e. The van der Waals surface area contributed by atoms with Crippen LogP contribution in [0.4, 0.5) is 0 Å². The van der Waals surface area contributed by atoms with Gasteiger partial charge in [0.05, 0.1) is 6.61 Å². The molecule has 8 nitrogen and oxygen atoms in total. The fourth-order valence-corrected chi connectivity index (χ4v) is 2.61. The zero-order valence-corrected chi connectivity index (χ0v) is 19.4. The van der Waals surface area contributed by atoms with Gasteiger partial charge in [-0.05, 0) is 53.8 Å². The van der Waals surface area contributed by atoms with Gasteiger partial charge < -0.3 is 19.3 Å². The summed E-state index contributed by atoms with van der Waals surface area (Å²) in [6.45, 7) is 0.990. The summed E-state index contributed by atoms with van der Waals surface area (Å²) in [6.07, 6.45) is 11.0. The number of phosphoric ester groups is 1. The van der Waals surface area contributed by atoms with Crippen LogP contribution in [0.5, 0.6) is 0 Å². The molecule has 0 aromatic heterocycles. The smallest absolute Gasteiger partial charge is 0.456 e. The van der Waals surface area contributed by atoms with E-state index in [-0.39, 0.29) is 6.42 Å². The lowest BCUT2D eigenvalue weighted by atomic mass is 10.1. The number of hydrogen-bond acceptors (Lipinski definition) is 6. The van der Waals surface area contributed by atoms with E-state index in [4.69, 9.17) is 25.7 Å². The molecule has 0 amide bonds. The largest absolute Gasteiger partial charge is 0.469 e. The predicted octanol–water partition coefficient (Wildman–Crippen LogP) is 2.34. The van der Waals surface area contributed by atoms with Crippen molar-refractivity contribution in [1.29, 1.82) is 0 Å². The van der Waals surface area contributed by atoms with Crippen molar-refractivity contribution in [3.8, 4) is 59.7 Å². The van der Waals surface area contributed by atoms with Crippen molar-refractivity contribution >= 4 is 19.8 Å². The lowest BCUT2D eigenvalue weighted by Crippen LogP contribution is -2.29. The third-order valence-corrected chi connectivity index (χ3v) is 4.21. The number of hydrogen-bond donors (Lipinski definition) is 2. The molecule has 0 aromatic rings. The molecule has 0 fully saturated rings. The lowest BCUT2D eigenvalue weighted by Gasteiger charge is -2.17. The van der Waals surface area contributed by atoms with E-state index in [0.29, 0.717) is 6.42 Å². The normalized spacial score (nSPS) is 10.2. The summed E-state index contributed by atoms with van der Waals surface area (Å²) in [6, 6.07) is 0. The topological polar surface area (TPSA) is 119 Å². The molecule has 0 aliphatic carbocycles. The maximum absolute atomic E-state index is 12.0. The average Bonchev–Trinajstić information content (AvgIpc) is 2.76. The second-order valence-corrected chi connectivity index (χ2v) is 7.75. The molecule has 0 unspecified atom stereocenters. The van der Waals surface area contributed by atoms with E-state index in [0.717, 1.165) is 32.1 Å². The molecular weight excluding hydrogens is 447 g/mol. The van der Waals surface area contributed by atoms with Crippen LogP contribution in [0, 0.1) is 59.7 Å². The van der Waals surface area contributed by atoms with Gasteiger partial charge in [0.15, 0.2) is 6.10 Å². The highest BCUT2D eigenvalue weighted by Crippen LogP contribution is 2.35. The molecule has 0 radical (unpaired) electrons. The Morgan fingerprint density at radius 2 is 1.45 bits per heavy atom. The molecule has 9 heteroatoms. The van der Waals surface area contributed by atoms with E-state index in [2.05, 4.69) is 64.7 Å².